The maximum absolute atomic E-state index is 4.48. The van der Waals surface area contributed by atoms with Crippen molar-refractivity contribution in [3.8, 4) is 22.5 Å². The van der Waals surface area contributed by atoms with E-state index < -0.39 is 0 Å². The van der Waals surface area contributed by atoms with E-state index in [2.05, 4.69) is 119 Å². The number of benzene rings is 4. The Balaban J connectivity index is 0.000000138. The van der Waals surface area contributed by atoms with Crippen molar-refractivity contribution in [1.82, 2.24) is 9.97 Å². The molecule has 0 saturated carbocycles. The van der Waals surface area contributed by atoms with E-state index in [1.165, 1.54) is 54.2 Å². The Labute approximate surface area is 246 Å². The Morgan fingerprint density at radius 1 is 0.436 bits per heavy atom. The SMILES string of the molecule is [Hf].c1ccc(-c2c[cH-]c3ccc4ccccc4c23)nc1.c1ccc(-c2c[cH-]c3ccc4ccccc4c23)nc1. The maximum atomic E-state index is 4.48. The van der Waals surface area contributed by atoms with Crippen molar-refractivity contribution in [2.24, 2.45) is 0 Å². The monoisotopic (exact) mass is 664 g/mol. The van der Waals surface area contributed by atoms with Gasteiger partial charge in [-0.25, -0.2) is 0 Å². The zero-order chi connectivity index (χ0) is 25.3. The van der Waals surface area contributed by atoms with Crippen molar-refractivity contribution in [2.45, 2.75) is 0 Å². The molecule has 0 saturated heterocycles. The molecule has 2 aromatic heterocycles. The van der Waals surface area contributed by atoms with E-state index in [0.717, 1.165) is 11.4 Å². The molecule has 2 heterocycles. The summed E-state index contributed by atoms with van der Waals surface area (Å²) >= 11 is 0. The molecule has 0 unspecified atom stereocenters. The van der Waals surface area contributed by atoms with Crippen LogP contribution in [0.25, 0.3) is 65.6 Å². The molecule has 0 fully saturated rings. The van der Waals surface area contributed by atoms with Gasteiger partial charge in [-0.3, -0.25) is 9.97 Å². The van der Waals surface area contributed by atoms with Crippen molar-refractivity contribution in [3.05, 3.63) is 146 Å². The molecule has 0 spiro atoms. The standard InChI is InChI=1S/2C18H12N.Hf/c2*1-2-6-15-13(5-1)8-9-14-10-11-16(18(14)15)17-7-3-4-12-19-17;/h2*1-12H;/q2*-1;. The van der Waals surface area contributed by atoms with Gasteiger partial charge in [-0.2, -0.15) is 0 Å². The zero-order valence-electron chi connectivity index (χ0n) is 21.3. The van der Waals surface area contributed by atoms with Crippen LogP contribution in [0.5, 0.6) is 0 Å². The summed E-state index contributed by atoms with van der Waals surface area (Å²) in [6.45, 7) is 0. The van der Waals surface area contributed by atoms with Crippen LogP contribution in [0.1, 0.15) is 0 Å². The number of pyridine rings is 2. The second kappa shape index (κ2) is 10.9. The average Bonchev–Trinajstić information content (AvgIpc) is 3.64. The number of hydrogen-bond donors (Lipinski definition) is 0. The van der Waals surface area contributed by atoms with Crippen LogP contribution in [0.2, 0.25) is 0 Å². The molecule has 0 N–H and O–H groups in total. The van der Waals surface area contributed by atoms with Gasteiger partial charge in [0, 0.05) is 49.6 Å². The van der Waals surface area contributed by atoms with Crippen LogP contribution in [0, 0.1) is 0 Å². The van der Waals surface area contributed by atoms with Gasteiger partial charge in [0.05, 0.1) is 0 Å². The van der Waals surface area contributed by atoms with Gasteiger partial charge in [0.15, 0.2) is 0 Å². The molecule has 0 radical (unpaired) electrons. The third kappa shape index (κ3) is 4.64. The number of hydrogen-bond acceptors (Lipinski definition) is 2. The third-order valence-corrected chi connectivity index (χ3v) is 7.20. The predicted octanol–water partition coefficient (Wildman–Crippen LogP) is 9.55. The molecule has 0 aliphatic heterocycles. The summed E-state index contributed by atoms with van der Waals surface area (Å²) in [5.41, 5.74) is 4.50. The smallest absolute Gasteiger partial charge is 0.0265 e. The minimum absolute atomic E-state index is 0. The van der Waals surface area contributed by atoms with Gasteiger partial charge in [0.1, 0.15) is 0 Å². The van der Waals surface area contributed by atoms with E-state index in [4.69, 9.17) is 0 Å². The molecule has 0 aliphatic rings. The molecule has 0 aliphatic carbocycles. The van der Waals surface area contributed by atoms with Crippen LogP contribution in [0.15, 0.2) is 146 Å². The minimum atomic E-state index is 0. The third-order valence-electron chi connectivity index (χ3n) is 7.20. The summed E-state index contributed by atoms with van der Waals surface area (Å²) in [5.74, 6) is 0. The average molecular weight is 663 g/mol. The minimum Gasteiger partial charge on any atom is -0.267 e. The second-order valence-corrected chi connectivity index (χ2v) is 9.43. The van der Waals surface area contributed by atoms with E-state index in [-0.39, 0.29) is 25.8 Å². The number of rotatable bonds is 2. The van der Waals surface area contributed by atoms with Gasteiger partial charge in [-0.05, 0) is 35.0 Å². The van der Waals surface area contributed by atoms with E-state index in [9.17, 15) is 0 Å². The summed E-state index contributed by atoms with van der Waals surface area (Å²) in [7, 11) is 0. The summed E-state index contributed by atoms with van der Waals surface area (Å²) in [6, 6.07) is 46.5. The molecule has 184 valence electrons. The first-order chi connectivity index (χ1) is 18.9. The molecule has 6 aromatic carbocycles. The van der Waals surface area contributed by atoms with Crippen LogP contribution < -0.4 is 0 Å². The predicted molar refractivity (Wildman–Crippen MR) is 161 cm³/mol. The van der Waals surface area contributed by atoms with Gasteiger partial charge in [-0.1, -0.05) is 83.6 Å². The summed E-state index contributed by atoms with van der Waals surface area (Å²) in [4.78, 5) is 8.96. The van der Waals surface area contributed by atoms with Crippen molar-refractivity contribution in [2.75, 3.05) is 0 Å². The van der Waals surface area contributed by atoms with E-state index in [1.807, 2.05) is 36.7 Å². The van der Waals surface area contributed by atoms with Crippen LogP contribution in [0.4, 0.5) is 0 Å². The Morgan fingerprint density at radius 3 is 1.31 bits per heavy atom. The largest absolute Gasteiger partial charge is 0.267 e. The van der Waals surface area contributed by atoms with Crippen LogP contribution in [0.3, 0.4) is 0 Å². The van der Waals surface area contributed by atoms with Crippen molar-refractivity contribution >= 4 is 43.1 Å². The fraction of sp³-hybridized carbons (Fsp3) is 0. The van der Waals surface area contributed by atoms with E-state index >= 15 is 0 Å². The Hall–Kier alpha value is -4.21. The molecule has 0 bridgehead atoms. The van der Waals surface area contributed by atoms with Gasteiger partial charge in [-0.15, -0.1) is 69.1 Å². The van der Waals surface area contributed by atoms with Crippen LogP contribution in [-0.2, 0) is 25.8 Å². The van der Waals surface area contributed by atoms with Gasteiger partial charge < -0.3 is 0 Å². The van der Waals surface area contributed by atoms with Crippen LogP contribution in [-0.4, -0.2) is 9.97 Å². The molecular formula is C36H24HfN2-2. The first kappa shape index (κ1) is 25.1. The molecule has 8 aromatic rings. The first-order valence-electron chi connectivity index (χ1n) is 12.8. The molecule has 3 heteroatoms. The Morgan fingerprint density at radius 2 is 0.872 bits per heavy atom. The van der Waals surface area contributed by atoms with Gasteiger partial charge >= 0.3 is 0 Å². The van der Waals surface area contributed by atoms with Crippen molar-refractivity contribution in [3.63, 3.8) is 0 Å². The van der Waals surface area contributed by atoms with Crippen molar-refractivity contribution < 1.29 is 25.8 Å². The molecule has 8 rings (SSSR count). The van der Waals surface area contributed by atoms with E-state index in [0.29, 0.717) is 0 Å². The molecule has 39 heavy (non-hydrogen) atoms. The van der Waals surface area contributed by atoms with Gasteiger partial charge in [0.25, 0.3) is 0 Å². The van der Waals surface area contributed by atoms with Crippen molar-refractivity contribution in [1.29, 1.82) is 0 Å². The first-order valence-corrected chi connectivity index (χ1v) is 12.8. The topological polar surface area (TPSA) is 25.8 Å². The molecule has 0 amide bonds. The zero-order valence-corrected chi connectivity index (χ0v) is 24.8. The Bertz CT molecular complexity index is 1870. The number of nitrogens with zero attached hydrogens (tertiary/aromatic N) is 2. The normalized spacial score (nSPS) is 10.9. The maximum Gasteiger partial charge on any atom is 0.0265 e. The van der Waals surface area contributed by atoms with E-state index in [1.54, 1.807) is 0 Å². The van der Waals surface area contributed by atoms with Crippen LogP contribution >= 0.6 is 0 Å². The quantitative estimate of drug-likeness (QED) is 0.136. The molecule has 0 atom stereocenters. The fourth-order valence-electron chi connectivity index (χ4n) is 5.44. The summed E-state index contributed by atoms with van der Waals surface area (Å²) in [5, 5.41) is 10.3. The van der Waals surface area contributed by atoms with Gasteiger partial charge in [0.2, 0.25) is 0 Å². The Kier molecular flexibility index (Phi) is 7.00. The number of fused-ring (bicyclic) bond motifs is 6. The molecule has 2 nitrogen and oxygen atoms in total. The molecular weight excluding hydrogens is 639 g/mol. The summed E-state index contributed by atoms with van der Waals surface area (Å²) < 4.78 is 0. The second-order valence-electron chi connectivity index (χ2n) is 9.43. The summed E-state index contributed by atoms with van der Waals surface area (Å²) in [6.07, 6.45) is 3.69. The fourth-order valence-corrected chi connectivity index (χ4v) is 5.44. The number of aromatic nitrogens is 2.